The molecule has 4 nitrogen and oxygen atoms in total. The van der Waals surface area contributed by atoms with Crippen molar-refractivity contribution in [1.29, 1.82) is 0 Å². The molecular formula is C17H26N2O2. The van der Waals surface area contributed by atoms with Gasteiger partial charge in [0.2, 0.25) is 11.8 Å². The predicted molar refractivity (Wildman–Crippen MR) is 86.2 cm³/mol. The number of rotatable bonds is 8. The molecule has 0 saturated carbocycles. The number of hydrogen-bond donors (Lipinski definition) is 0. The lowest BCUT2D eigenvalue weighted by molar-refractivity contribution is -0.129. The van der Waals surface area contributed by atoms with Crippen molar-refractivity contribution >= 4 is 17.5 Å². The maximum absolute atomic E-state index is 12.4. The summed E-state index contributed by atoms with van der Waals surface area (Å²) in [5.74, 6) is 0.102. The summed E-state index contributed by atoms with van der Waals surface area (Å²) < 4.78 is 0. The van der Waals surface area contributed by atoms with E-state index in [1.54, 1.807) is 16.7 Å². The summed E-state index contributed by atoms with van der Waals surface area (Å²) in [5.41, 5.74) is 0.910. The van der Waals surface area contributed by atoms with Crippen molar-refractivity contribution in [1.82, 2.24) is 4.90 Å². The van der Waals surface area contributed by atoms with E-state index in [1.807, 2.05) is 37.3 Å². The zero-order valence-corrected chi connectivity index (χ0v) is 13.3. The molecule has 21 heavy (non-hydrogen) atoms. The Kier molecular flexibility index (Phi) is 7.51. The topological polar surface area (TPSA) is 40.6 Å². The van der Waals surface area contributed by atoms with E-state index in [-0.39, 0.29) is 11.8 Å². The highest BCUT2D eigenvalue weighted by atomic mass is 16.2. The number of hydrogen-bond acceptors (Lipinski definition) is 2. The molecule has 0 aromatic heterocycles. The second-order valence-corrected chi connectivity index (χ2v) is 5.08. The van der Waals surface area contributed by atoms with Crippen LogP contribution in [0.15, 0.2) is 30.3 Å². The smallest absolute Gasteiger partial charge is 0.228 e. The lowest BCUT2D eigenvalue weighted by Gasteiger charge is -2.24. The molecule has 0 radical (unpaired) electrons. The van der Waals surface area contributed by atoms with Gasteiger partial charge in [-0.1, -0.05) is 31.5 Å². The number of anilines is 1. The van der Waals surface area contributed by atoms with Crippen LogP contribution in [-0.2, 0) is 9.59 Å². The fourth-order valence-corrected chi connectivity index (χ4v) is 2.25. The van der Waals surface area contributed by atoms with Gasteiger partial charge in [-0.3, -0.25) is 9.59 Å². The Morgan fingerprint density at radius 1 is 1.05 bits per heavy atom. The Hall–Kier alpha value is -1.84. The van der Waals surface area contributed by atoms with E-state index in [4.69, 9.17) is 0 Å². The summed E-state index contributed by atoms with van der Waals surface area (Å²) in [4.78, 5) is 27.5. The van der Waals surface area contributed by atoms with E-state index >= 15 is 0 Å². The van der Waals surface area contributed by atoms with Gasteiger partial charge in [0.05, 0.1) is 0 Å². The first-order chi connectivity index (χ1) is 10.1. The van der Waals surface area contributed by atoms with Gasteiger partial charge in [0.25, 0.3) is 0 Å². The molecule has 0 unspecified atom stereocenters. The third kappa shape index (κ3) is 5.58. The van der Waals surface area contributed by atoms with E-state index < -0.39 is 0 Å². The molecule has 4 heteroatoms. The number of nitrogens with zero attached hydrogens (tertiary/aromatic N) is 2. The molecule has 0 aliphatic carbocycles. The highest BCUT2D eigenvalue weighted by Crippen LogP contribution is 2.14. The normalized spacial score (nSPS) is 10.2. The van der Waals surface area contributed by atoms with E-state index in [9.17, 15) is 9.59 Å². The number of carbonyl (C=O) groups excluding carboxylic acids is 2. The highest BCUT2D eigenvalue weighted by molar-refractivity contribution is 5.93. The van der Waals surface area contributed by atoms with Gasteiger partial charge in [0.1, 0.15) is 0 Å². The summed E-state index contributed by atoms with van der Waals surface area (Å²) in [7, 11) is 0. The van der Waals surface area contributed by atoms with E-state index in [1.165, 1.54) is 0 Å². The zero-order valence-electron chi connectivity index (χ0n) is 13.3. The van der Waals surface area contributed by atoms with E-state index in [2.05, 4.69) is 6.92 Å². The van der Waals surface area contributed by atoms with Crippen LogP contribution in [0.25, 0.3) is 0 Å². The van der Waals surface area contributed by atoms with Crippen LogP contribution in [0.5, 0.6) is 0 Å². The average molecular weight is 290 g/mol. The summed E-state index contributed by atoms with van der Waals surface area (Å²) in [6, 6.07) is 9.65. The molecule has 116 valence electrons. The van der Waals surface area contributed by atoms with Crippen LogP contribution >= 0.6 is 0 Å². The van der Waals surface area contributed by atoms with Gasteiger partial charge < -0.3 is 9.80 Å². The molecule has 0 aliphatic rings. The fourth-order valence-electron chi connectivity index (χ4n) is 2.25. The number of benzene rings is 1. The van der Waals surface area contributed by atoms with Gasteiger partial charge in [-0.25, -0.2) is 0 Å². The number of amides is 2. The maximum atomic E-state index is 12.4. The molecule has 0 spiro atoms. The van der Waals surface area contributed by atoms with Gasteiger partial charge in [-0.15, -0.1) is 0 Å². The highest BCUT2D eigenvalue weighted by Gasteiger charge is 2.16. The molecule has 1 aromatic rings. The predicted octanol–water partition coefficient (Wildman–Crippen LogP) is 3.08. The number of unbranched alkanes of at least 4 members (excludes halogenated alkanes) is 1. The van der Waals surface area contributed by atoms with Crippen LogP contribution in [0.1, 0.15) is 40.0 Å². The lowest BCUT2D eigenvalue weighted by atomic mass is 10.2. The first-order valence-electron chi connectivity index (χ1n) is 7.71. The van der Waals surface area contributed by atoms with E-state index in [0.29, 0.717) is 19.5 Å². The zero-order chi connectivity index (χ0) is 15.7. The van der Waals surface area contributed by atoms with Gasteiger partial charge >= 0.3 is 0 Å². The van der Waals surface area contributed by atoms with Crippen LogP contribution in [0, 0.1) is 0 Å². The fraction of sp³-hybridized carbons (Fsp3) is 0.529. The second-order valence-electron chi connectivity index (χ2n) is 5.08. The van der Waals surface area contributed by atoms with Gasteiger partial charge in [0, 0.05) is 38.7 Å². The van der Waals surface area contributed by atoms with Crippen LogP contribution in [-0.4, -0.2) is 36.3 Å². The number of para-hydroxylation sites is 1. The van der Waals surface area contributed by atoms with Crippen LogP contribution < -0.4 is 4.90 Å². The summed E-state index contributed by atoms with van der Waals surface area (Å²) in [6.45, 7) is 7.49. The molecule has 0 bridgehead atoms. The minimum atomic E-state index is 0.0407. The molecule has 0 N–H and O–H groups in total. The third-order valence-electron chi connectivity index (χ3n) is 3.51. The van der Waals surface area contributed by atoms with Crippen molar-refractivity contribution < 1.29 is 9.59 Å². The van der Waals surface area contributed by atoms with Crippen LogP contribution in [0.2, 0.25) is 0 Å². The largest absolute Gasteiger partial charge is 0.342 e. The molecular weight excluding hydrogens is 264 g/mol. The maximum Gasteiger partial charge on any atom is 0.228 e. The molecule has 2 amide bonds. The quantitative estimate of drug-likeness (QED) is 0.738. The Morgan fingerprint density at radius 3 is 2.24 bits per heavy atom. The Morgan fingerprint density at radius 2 is 1.71 bits per heavy atom. The lowest BCUT2D eigenvalue weighted by Crippen LogP contribution is -2.36. The monoisotopic (exact) mass is 290 g/mol. The van der Waals surface area contributed by atoms with Gasteiger partial charge in [-0.05, 0) is 25.5 Å². The first-order valence-corrected chi connectivity index (χ1v) is 7.71. The van der Waals surface area contributed by atoms with Crippen molar-refractivity contribution in [2.75, 3.05) is 24.5 Å². The molecule has 0 fully saturated rings. The summed E-state index contributed by atoms with van der Waals surface area (Å²) >= 11 is 0. The van der Waals surface area contributed by atoms with Crippen molar-refractivity contribution in [3.8, 4) is 0 Å². The second kappa shape index (κ2) is 9.16. The average Bonchev–Trinajstić information content (AvgIpc) is 2.48. The molecule has 0 atom stereocenters. The Balaban J connectivity index is 2.59. The minimum absolute atomic E-state index is 0.0407. The Bertz CT molecular complexity index is 445. The van der Waals surface area contributed by atoms with Gasteiger partial charge in [-0.2, -0.15) is 0 Å². The van der Waals surface area contributed by atoms with Crippen LogP contribution in [0.3, 0.4) is 0 Å². The van der Waals surface area contributed by atoms with Crippen molar-refractivity contribution in [2.45, 2.75) is 40.0 Å². The molecule has 1 aromatic carbocycles. The van der Waals surface area contributed by atoms with Gasteiger partial charge in [0.15, 0.2) is 0 Å². The van der Waals surface area contributed by atoms with Crippen LogP contribution in [0.4, 0.5) is 5.69 Å². The van der Waals surface area contributed by atoms with Crippen molar-refractivity contribution in [3.63, 3.8) is 0 Å². The summed E-state index contributed by atoms with van der Waals surface area (Å²) in [5, 5.41) is 0. The van der Waals surface area contributed by atoms with E-state index in [0.717, 1.165) is 25.1 Å². The molecule has 0 saturated heterocycles. The third-order valence-corrected chi connectivity index (χ3v) is 3.51. The summed E-state index contributed by atoms with van der Waals surface area (Å²) in [6.07, 6.45) is 2.39. The molecule has 0 heterocycles. The minimum Gasteiger partial charge on any atom is -0.342 e. The SMILES string of the molecule is CCCCN(CCC(=O)N(CC)c1ccccc1)C(C)=O. The number of carbonyl (C=O) groups is 2. The van der Waals surface area contributed by atoms with Crippen molar-refractivity contribution in [3.05, 3.63) is 30.3 Å². The Labute approximate surface area is 127 Å². The molecule has 0 aliphatic heterocycles. The standard InChI is InChI=1S/C17H26N2O2/c1-4-6-13-18(15(3)20)14-12-17(21)19(5-2)16-10-8-7-9-11-16/h7-11H,4-6,12-14H2,1-3H3. The molecule has 1 rings (SSSR count). The van der Waals surface area contributed by atoms with Crippen molar-refractivity contribution in [2.24, 2.45) is 0 Å². The first kappa shape index (κ1) is 17.2.